The van der Waals surface area contributed by atoms with Crippen LogP contribution in [0.1, 0.15) is 18.2 Å². The number of piperazine rings is 1. The van der Waals surface area contributed by atoms with Crippen LogP contribution in [0.15, 0.2) is 77.3 Å². The van der Waals surface area contributed by atoms with Crippen molar-refractivity contribution in [3.63, 3.8) is 0 Å². The molecule has 5 nitrogen and oxygen atoms in total. The first-order valence-electron chi connectivity index (χ1n) is 12.4. The monoisotopic (exact) mass is 454 g/mol. The highest BCUT2D eigenvalue weighted by molar-refractivity contribution is 5.95. The number of anilines is 1. The molecule has 0 saturated carbocycles. The summed E-state index contributed by atoms with van der Waals surface area (Å²) in [7, 11) is 0. The van der Waals surface area contributed by atoms with Crippen LogP contribution in [0.2, 0.25) is 0 Å². The standard InChI is InChI=1S/C29H34N4O/c1-3-31(15-16-32-17-19-33(20-18-32)25-13-11-23(2)12-14-25)22-26-21-29(30-34-26)28-10-6-8-24-7-4-5-9-27(24)28/h4-14,21H,3,15-20,22H2,1-2H3. The van der Waals surface area contributed by atoms with Crippen LogP contribution >= 0.6 is 0 Å². The molecule has 0 bridgehead atoms. The highest BCUT2D eigenvalue weighted by Gasteiger charge is 2.18. The van der Waals surface area contributed by atoms with Gasteiger partial charge in [-0.25, -0.2) is 0 Å². The first-order chi connectivity index (χ1) is 16.7. The number of benzene rings is 3. The van der Waals surface area contributed by atoms with Crippen molar-refractivity contribution >= 4 is 16.5 Å². The lowest BCUT2D eigenvalue weighted by Crippen LogP contribution is -2.48. The number of nitrogens with zero attached hydrogens (tertiary/aromatic N) is 4. The molecule has 5 rings (SSSR count). The largest absolute Gasteiger partial charge is 0.369 e. The zero-order chi connectivity index (χ0) is 23.3. The van der Waals surface area contributed by atoms with Crippen LogP contribution in [0.4, 0.5) is 5.69 Å². The van der Waals surface area contributed by atoms with Gasteiger partial charge in [0.1, 0.15) is 5.69 Å². The minimum Gasteiger partial charge on any atom is -0.369 e. The van der Waals surface area contributed by atoms with Crippen molar-refractivity contribution in [3.05, 3.63) is 84.1 Å². The Labute approximate surface area is 202 Å². The first kappa shape index (κ1) is 22.6. The maximum atomic E-state index is 5.75. The lowest BCUT2D eigenvalue weighted by Gasteiger charge is -2.37. The van der Waals surface area contributed by atoms with Gasteiger partial charge in [-0.15, -0.1) is 0 Å². The van der Waals surface area contributed by atoms with Gasteiger partial charge in [0, 0.05) is 56.6 Å². The second kappa shape index (κ2) is 10.4. The SMILES string of the molecule is CCN(CCN1CCN(c2ccc(C)cc2)CC1)Cc1cc(-c2cccc3ccccc23)no1. The number of aryl methyl sites for hydroxylation is 1. The molecule has 4 aromatic rings. The average Bonchev–Trinajstić information content (AvgIpc) is 3.35. The Morgan fingerprint density at radius 2 is 1.68 bits per heavy atom. The van der Waals surface area contributed by atoms with Crippen LogP contribution in [-0.4, -0.2) is 60.8 Å². The number of hydrogen-bond donors (Lipinski definition) is 0. The Balaban J connectivity index is 1.15. The molecule has 34 heavy (non-hydrogen) atoms. The number of aromatic nitrogens is 1. The summed E-state index contributed by atoms with van der Waals surface area (Å²) < 4.78 is 5.75. The molecular weight excluding hydrogens is 420 g/mol. The van der Waals surface area contributed by atoms with E-state index in [4.69, 9.17) is 4.52 Å². The molecular formula is C29H34N4O. The maximum absolute atomic E-state index is 5.75. The topological polar surface area (TPSA) is 35.8 Å². The summed E-state index contributed by atoms with van der Waals surface area (Å²) in [5.41, 5.74) is 4.70. The van der Waals surface area contributed by atoms with Gasteiger partial charge < -0.3 is 9.42 Å². The molecule has 1 aromatic heterocycles. The summed E-state index contributed by atoms with van der Waals surface area (Å²) in [6, 6.07) is 25.8. The molecule has 1 aliphatic heterocycles. The van der Waals surface area contributed by atoms with Crippen LogP contribution in [-0.2, 0) is 6.54 Å². The molecule has 176 valence electrons. The fraction of sp³-hybridized carbons (Fsp3) is 0.345. The van der Waals surface area contributed by atoms with Crippen LogP contribution in [0.3, 0.4) is 0 Å². The molecule has 3 aromatic carbocycles. The summed E-state index contributed by atoms with van der Waals surface area (Å²) in [6.07, 6.45) is 0. The van der Waals surface area contributed by atoms with E-state index in [-0.39, 0.29) is 0 Å². The smallest absolute Gasteiger partial charge is 0.151 e. The zero-order valence-electron chi connectivity index (χ0n) is 20.3. The van der Waals surface area contributed by atoms with Gasteiger partial charge >= 0.3 is 0 Å². The highest BCUT2D eigenvalue weighted by atomic mass is 16.5. The fourth-order valence-electron chi connectivity index (χ4n) is 4.80. The molecule has 0 aliphatic carbocycles. The third-order valence-corrected chi connectivity index (χ3v) is 6.96. The quantitative estimate of drug-likeness (QED) is 0.354. The average molecular weight is 455 g/mol. The van der Waals surface area contributed by atoms with Gasteiger partial charge in [0.05, 0.1) is 6.54 Å². The van der Waals surface area contributed by atoms with E-state index < -0.39 is 0 Å². The maximum Gasteiger partial charge on any atom is 0.151 e. The van der Waals surface area contributed by atoms with Crippen molar-refractivity contribution in [2.45, 2.75) is 20.4 Å². The summed E-state index contributed by atoms with van der Waals surface area (Å²) in [5.74, 6) is 0.925. The Hall–Kier alpha value is -3.15. The van der Waals surface area contributed by atoms with Crippen LogP contribution in [0, 0.1) is 6.92 Å². The van der Waals surface area contributed by atoms with Gasteiger partial charge in [0.15, 0.2) is 5.76 Å². The van der Waals surface area contributed by atoms with Crippen molar-refractivity contribution in [1.82, 2.24) is 15.0 Å². The minimum absolute atomic E-state index is 0.789. The summed E-state index contributed by atoms with van der Waals surface area (Å²) >= 11 is 0. The van der Waals surface area contributed by atoms with Crippen LogP contribution < -0.4 is 4.90 Å². The fourth-order valence-corrected chi connectivity index (χ4v) is 4.80. The lowest BCUT2D eigenvalue weighted by atomic mass is 10.0. The van der Waals surface area contributed by atoms with E-state index in [9.17, 15) is 0 Å². The molecule has 0 radical (unpaired) electrons. The van der Waals surface area contributed by atoms with Crippen molar-refractivity contribution in [2.75, 3.05) is 50.7 Å². The van der Waals surface area contributed by atoms with Gasteiger partial charge in [-0.1, -0.05) is 72.2 Å². The van der Waals surface area contributed by atoms with Crippen LogP contribution in [0.5, 0.6) is 0 Å². The van der Waals surface area contributed by atoms with Gasteiger partial charge in [0.25, 0.3) is 0 Å². The third-order valence-electron chi connectivity index (χ3n) is 6.96. The Bertz CT molecular complexity index is 1200. The molecule has 0 unspecified atom stereocenters. The molecule has 1 fully saturated rings. The minimum atomic E-state index is 0.789. The molecule has 0 spiro atoms. The molecule has 0 N–H and O–H groups in total. The molecule has 5 heteroatoms. The molecule has 1 aliphatic rings. The Morgan fingerprint density at radius 3 is 2.47 bits per heavy atom. The van der Waals surface area contributed by atoms with Crippen LogP contribution in [0.25, 0.3) is 22.0 Å². The molecule has 2 heterocycles. The predicted molar refractivity (Wildman–Crippen MR) is 140 cm³/mol. The van der Waals surface area contributed by atoms with E-state index in [2.05, 4.69) is 107 Å². The molecule has 1 saturated heterocycles. The van der Waals surface area contributed by atoms with Gasteiger partial charge in [-0.2, -0.15) is 0 Å². The van der Waals surface area contributed by atoms with Gasteiger partial charge in [-0.05, 0) is 36.4 Å². The molecule has 0 atom stereocenters. The Morgan fingerprint density at radius 1 is 0.912 bits per heavy atom. The van der Waals surface area contributed by atoms with E-state index in [1.807, 2.05) is 0 Å². The van der Waals surface area contributed by atoms with E-state index in [0.29, 0.717) is 0 Å². The Kier molecular flexibility index (Phi) is 6.93. The van der Waals surface area contributed by atoms with E-state index in [0.717, 1.165) is 69.4 Å². The zero-order valence-corrected chi connectivity index (χ0v) is 20.3. The van der Waals surface area contributed by atoms with Crippen molar-refractivity contribution in [1.29, 1.82) is 0 Å². The van der Waals surface area contributed by atoms with E-state index in [1.165, 1.54) is 22.0 Å². The van der Waals surface area contributed by atoms with Crippen molar-refractivity contribution < 1.29 is 4.52 Å². The van der Waals surface area contributed by atoms with Crippen molar-refractivity contribution in [2.24, 2.45) is 0 Å². The lowest BCUT2D eigenvalue weighted by molar-refractivity contribution is 0.185. The van der Waals surface area contributed by atoms with Crippen molar-refractivity contribution in [3.8, 4) is 11.3 Å². The number of hydrogen-bond acceptors (Lipinski definition) is 5. The second-order valence-corrected chi connectivity index (χ2v) is 9.24. The predicted octanol–water partition coefficient (Wildman–Crippen LogP) is 5.45. The van der Waals surface area contributed by atoms with E-state index >= 15 is 0 Å². The summed E-state index contributed by atoms with van der Waals surface area (Å²) in [5, 5.41) is 6.83. The third kappa shape index (κ3) is 5.16. The number of fused-ring (bicyclic) bond motifs is 1. The summed E-state index contributed by atoms with van der Waals surface area (Å²) in [4.78, 5) is 7.52. The van der Waals surface area contributed by atoms with E-state index in [1.54, 1.807) is 0 Å². The highest BCUT2D eigenvalue weighted by Crippen LogP contribution is 2.28. The van der Waals surface area contributed by atoms with Gasteiger partial charge in [0.2, 0.25) is 0 Å². The van der Waals surface area contributed by atoms with Gasteiger partial charge in [-0.3, -0.25) is 9.80 Å². The normalized spacial score (nSPS) is 14.9. The molecule has 0 amide bonds. The first-order valence-corrected chi connectivity index (χ1v) is 12.4. The number of likely N-dealkylation sites (N-methyl/N-ethyl adjacent to an activating group) is 1. The number of rotatable bonds is 8. The summed E-state index contributed by atoms with van der Waals surface area (Å²) in [6.45, 7) is 12.7. The second-order valence-electron chi connectivity index (χ2n) is 9.24.